The second-order valence-corrected chi connectivity index (χ2v) is 8.04. The molecule has 0 spiro atoms. The summed E-state index contributed by atoms with van der Waals surface area (Å²) in [7, 11) is 0. The molecule has 4 aromatic rings. The Morgan fingerprint density at radius 3 is 2.16 bits per heavy atom. The smallest absolute Gasteiger partial charge is 0.326 e. The van der Waals surface area contributed by atoms with E-state index in [1.54, 1.807) is 65.2 Å². The molecule has 1 amide bonds. The highest BCUT2D eigenvalue weighted by atomic mass is 35.5. The van der Waals surface area contributed by atoms with Gasteiger partial charge in [0.2, 0.25) is 0 Å². The number of fused-ring (bicyclic) bond motifs is 2. The van der Waals surface area contributed by atoms with Crippen molar-refractivity contribution in [1.29, 1.82) is 0 Å². The molecular weight excluding hydrogens is 451 g/mol. The average Bonchev–Trinajstić information content (AvgIpc) is 2.78. The first-order valence-electron chi connectivity index (χ1n) is 9.81. The van der Waals surface area contributed by atoms with E-state index in [1.165, 1.54) is 13.0 Å². The second kappa shape index (κ2) is 9.02. The maximum atomic E-state index is 12.8. The zero-order valence-electron chi connectivity index (χ0n) is 17.0. The number of nitrogens with one attached hydrogen (secondary N) is 1. The minimum Gasteiger partial charge on any atom is -0.451 e. The lowest BCUT2D eigenvalue weighted by molar-refractivity contribution is -0.153. The van der Waals surface area contributed by atoms with E-state index in [0.717, 1.165) is 0 Å². The van der Waals surface area contributed by atoms with Crippen molar-refractivity contribution in [2.24, 2.45) is 0 Å². The van der Waals surface area contributed by atoms with Gasteiger partial charge in [-0.2, -0.15) is 0 Å². The molecule has 162 valence electrons. The normalized spacial score (nSPS) is 12.0. The SMILES string of the molecule is C[C@@H](OC(=O)Cn1c2ccccc2c(=O)c2ccccc21)C(=O)Nc1ccc(Cl)cc1Cl. The maximum Gasteiger partial charge on any atom is 0.326 e. The number of anilines is 1. The summed E-state index contributed by atoms with van der Waals surface area (Å²) >= 11 is 11.9. The third kappa shape index (κ3) is 4.33. The van der Waals surface area contributed by atoms with E-state index in [1.807, 2.05) is 0 Å². The Kier molecular flexibility index (Phi) is 6.17. The molecule has 6 nitrogen and oxygen atoms in total. The molecule has 4 rings (SSSR count). The Labute approximate surface area is 193 Å². The van der Waals surface area contributed by atoms with E-state index < -0.39 is 18.0 Å². The number of aromatic nitrogens is 1. The van der Waals surface area contributed by atoms with Gasteiger partial charge >= 0.3 is 5.97 Å². The van der Waals surface area contributed by atoms with E-state index in [9.17, 15) is 14.4 Å². The minimum atomic E-state index is -1.06. The lowest BCUT2D eigenvalue weighted by atomic mass is 10.1. The lowest BCUT2D eigenvalue weighted by Crippen LogP contribution is -2.31. The zero-order valence-corrected chi connectivity index (χ0v) is 18.5. The molecule has 1 heterocycles. The van der Waals surface area contributed by atoms with Crippen LogP contribution in [0.4, 0.5) is 5.69 Å². The quantitative estimate of drug-likeness (QED) is 0.329. The minimum absolute atomic E-state index is 0.103. The first-order valence-corrected chi connectivity index (χ1v) is 10.6. The number of esters is 1. The van der Waals surface area contributed by atoms with E-state index in [0.29, 0.717) is 32.5 Å². The number of para-hydroxylation sites is 2. The molecule has 1 N–H and O–H groups in total. The van der Waals surface area contributed by atoms with Crippen molar-refractivity contribution >= 4 is 62.6 Å². The summed E-state index contributed by atoms with van der Waals surface area (Å²) in [4.78, 5) is 38.0. The summed E-state index contributed by atoms with van der Waals surface area (Å²) in [6, 6.07) is 18.8. The van der Waals surface area contributed by atoms with E-state index >= 15 is 0 Å². The van der Waals surface area contributed by atoms with Crippen molar-refractivity contribution < 1.29 is 14.3 Å². The Morgan fingerprint density at radius 2 is 1.56 bits per heavy atom. The standard InChI is InChI=1S/C24H18Cl2N2O4/c1-14(24(31)27-19-11-10-15(25)12-18(19)26)32-22(29)13-28-20-8-4-2-6-16(20)23(30)17-7-3-5-9-21(17)28/h2-12,14H,13H2,1H3,(H,27,31)/t14-/m1/s1. The Hall–Kier alpha value is -3.35. The maximum absolute atomic E-state index is 12.8. The highest BCUT2D eigenvalue weighted by Gasteiger charge is 2.20. The summed E-state index contributed by atoms with van der Waals surface area (Å²) in [6.45, 7) is 1.30. The first-order chi connectivity index (χ1) is 15.3. The van der Waals surface area contributed by atoms with Gasteiger partial charge in [-0.15, -0.1) is 0 Å². The van der Waals surface area contributed by atoms with Gasteiger partial charge in [0, 0.05) is 15.8 Å². The summed E-state index contributed by atoms with van der Waals surface area (Å²) < 4.78 is 7.08. The number of rotatable bonds is 5. The van der Waals surface area contributed by atoms with Gasteiger partial charge in [-0.25, -0.2) is 0 Å². The predicted molar refractivity (Wildman–Crippen MR) is 126 cm³/mol. The number of hydrogen-bond donors (Lipinski definition) is 1. The molecule has 3 aromatic carbocycles. The molecule has 0 saturated heterocycles. The second-order valence-electron chi connectivity index (χ2n) is 7.20. The van der Waals surface area contributed by atoms with Gasteiger partial charge in [-0.1, -0.05) is 47.5 Å². The fraction of sp³-hybridized carbons (Fsp3) is 0.125. The van der Waals surface area contributed by atoms with Crippen LogP contribution in [0.3, 0.4) is 0 Å². The van der Waals surface area contributed by atoms with Crippen LogP contribution in [-0.2, 0) is 20.9 Å². The third-order valence-corrected chi connectivity index (χ3v) is 5.58. The largest absolute Gasteiger partial charge is 0.451 e. The number of carbonyl (C=O) groups is 2. The van der Waals surface area contributed by atoms with Crippen molar-refractivity contribution in [2.45, 2.75) is 19.6 Å². The Bertz CT molecular complexity index is 1350. The van der Waals surface area contributed by atoms with Gasteiger partial charge in [0.05, 0.1) is 21.7 Å². The van der Waals surface area contributed by atoms with Crippen molar-refractivity contribution in [3.63, 3.8) is 0 Å². The fourth-order valence-electron chi connectivity index (χ4n) is 3.49. The summed E-state index contributed by atoms with van der Waals surface area (Å²) in [5.74, 6) is -1.15. The number of benzene rings is 3. The van der Waals surface area contributed by atoms with Gasteiger partial charge in [-0.05, 0) is 49.4 Å². The molecule has 0 aliphatic rings. The summed E-state index contributed by atoms with van der Waals surface area (Å²) in [6.07, 6.45) is -1.06. The molecule has 0 unspecified atom stereocenters. The number of pyridine rings is 1. The van der Waals surface area contributed by atoms with Crippen LogP contribution in [0.5, 0.6) is 0 Å². The van der Waals surface area contributed by atoms with Gasteiger partial charge in [-0.3, -0.25) is 14.4 Å². The highest BCUT2D eigenvalue weighted by Crippen LogP contribution is 2.25. The molecule has 0 aliphatic carbocycles. The van der Waals surface area contributed by atoms with Gasteiger partial charge in [0.25, 0.3) is 5.91 Å². The lowest BCUT2D eigenvalue weighted by Gasteiger charge is -2.17. The Morgan fingerprint density at radius 1 is 0.969 bits per heavy atom. The highest BCUT2D eigenvalue weighted by molar-refractivity contribution is 6.36. The van der Waals surface area contributed by atoms with Gasteiger partial charge < -0.3 is 14.6 Å². The molecule has 0 bridgehead atoms. The van der Waals surface area contributed by atoms with Gasteiger partial charge in [0.1, 0.15) is 6.54 Å². The van der Waals surface area contributed by atoms with Crippen molar-refractivity contribution in [3.8, 4) is 0 Å². The topological polar surface area (TPSA) is 77.4 Å². The van der Waals surface area contributed by atoms with Crippen LogP contribution in [0.25, 0.3) is 21.8 Å². The molecule has 0 fully saturated rings. The van der Waals surface area contributed by atoms with Gasteiger partial charge in [0.15, 0.2) is 11.5 Å². The van der Waals surface area contributed by atoms with Crippen LogP contribution in [0.1, 0.15) is 6.92 Å². The van der Waals surface area contributed by atoms with Crippen LogP contribution in [-0.4, -0.2) is 22.5 Å². The molecule has 32 heavy (non-hydrogen) atoms. The number of hydrogen-bond acceptors (Lipinski definition) is 4. The van der Waals surface area contributed by atoms with Crippen LogP contribution in [0.15, 0.2) is 71.5 Å². The van der Waals surface area contributed by atoms with E-state index in [-0.39, 0.29) is 17.0 Å². The monoisotopic (exact) mass is 468 g/mol. The molecule has 8 heteroatoms. The number of halogens is 2. The Balaban J connectivity index is 1.57. The first kappa shape index (κ1) is 21.9. The number of carbonyl (C=O) groups excluding carboxylic acids is 2. The van der Waals surface area contributed by atoms with Crippen LogP contribution >= 0.6 is 23.2 Å². The van der Waals surface area contributed by atoms with Crippen LogP contribution < -0.4 is 10.7 Å². The zero-order chi connectivity index (χ0) is 22.8. The summed E-state index contributed by atoms with van der Waals surface area (Å²) in [5, 5.41) is 4.33. The number of amides is 1. The van der Waals surface area contributed by atoms with Crippen molar-refractivity contribution in [2.75, 3.05) is 5.32 Å². The molecule has 1 atom stereocenters. The number of nitrogens with zero attached hydrogens (tertiary/aromatic N) is 1. The predicted octanol–water partition coefficient (Wildman–Crippen LogP) is 5.03. The molecular formula is C24H18Cl2N2O4. The molecule has 0 saturated carbocycles. The molecule has 0 radical (unpaired) electrons. The molecule has 1 aromatic heterocycles. The summed E-state index contributed by atoms with van der Waals surface area (Å²) in [5.41, 5.74) is 1.48. The third-order valence-electron chi connectivity index (χ3n) is 5.03. The number of ether oxygens (including phenoxy) is 1. The molecule has 0 aliphatic heterocycles. The van der Waals surface area contributed by atoms with Crippen LogP contribution in [0, 0.1) is 0 Å². The van der Waals surface area contributed by atoms with E-state index in [4.69, 9.17) is 27.9 Å². The average molecular weight is 469 g/mol. The van der Waals surface area contributed by atoms with Crippen molar-refractivity contribution in [1.82, 2.24) is 4.57 Å². The fourth-order valence-corrected chi connectivity index (χ4v) is 3.95. The van der Waals surface area contributed by atoms with Crippen LogP contribution in [0.2, 0.25) is 10.0 Å². The van der Waals surface area contributed by atoms with E-state index in [2.05, 4.69) is 5.32 Å². The van der Waals surface area contributed by atoms with Crippen molar-refractivity contribution in [3.05, 3.63) is 87.0 Å².